The van der Waals surface area contributed by atoms with Gasteiger partial charge < -0.3 is 100 Å². The second kappa shape index (κ2) is 56.5. The Hall–Kier alpha value is -2.79. The van der Waals surface area contributed by atoms with E-state index >= 15 is 0 Å². The molecule has 586 valence electrons. The van der Waals surface area contributed by atoms with Crippen LogP contribution < -0.4 is 10.6 Å². The second-order valence-corrected chi connectivity index (χ2v) is 28.9. The molecule has 18 unspecified atom stereocenters. The average Bonchev–Trinajstić information content (AvgIpc) is 0.756. The van der Waals surface area contributed by atoms with Gasteiger partial charge >= 0.3 is 5.97 Å². The first-order chi connectivity index (χ1) is 48.4. The lowest BCUT2D eigenvalue weighted by Gasteiger charge is -2.50. The van der Waals surface area contributed by atoms with Crippen LogP contribution in [-0.4, -0.2) is 215 Å². The van der Waals surface area contributed by atoms with Gasteiger partial charge in [-0.1, -0.05) is 269 Å². The van der Waals surface area contributed by atoms with Crippen LogP contribution in [0.1, 0.15) is 310 Å². The van der Waals surface area contributed by atoms with E-state index in [0.29, 0.717) is 19.3 Å². The van der Waals surface area contributed by atoms with Gasteiger partial charge in [-0.25, -0.2) is 4.79 Å². The van der Waals surface area contributed by atoms with Gasteiger partial charge in [0.05, 0.1) is 50.7 Å². The largest absolute Gasteiger partial charge is 0.477 e. The highest BCUT2D eigenvalue weighted by atomic mass is 16.8. The van der Waals surface area contributed by atoms with Crippen molar-refractivity contribution in [2.75, 3.05) is 26.4 Å². The van der Waals surface area contributed by atoms with E-state index in [2.05, 4.69) is 48.8 Å². The summed E-state index contributed by atoms with van der Waals surface area (Å²) in [7, 11) is 0. The number of amides is 2. The minimum atomic E-state index is -3.08. The van der Waals surface area contributed by atoms with Crippen molar-refractivity contribution in [1.29, 1.82) is 0 Å². The van der Waals surface area contributed by atoms with Crippen molar-refractivity contribution >= 4 is 17.8 Å². The molecule has 0 bridgehead atoms. The lowest BCUT2D eigenvalue weighted by Crippen LogP contribution is -2.70. The average molecular weight is 1430 g/mol. The van der Waals surface area contributed by atoms with E-state index in [9.17, 15) is 75.7 Å². The van der Waals surface area contributed by atoms with Gasteiger partial charge in [-0.2, -0.15) is 0 Å². The molecule has 0 aromatic rings. The molecular weight excluding hydrogens is 1290 g/mol. The molecule has 0 aliphatic carbocycles. The number of carboxylic acid groups (broad SMARTS) is 1. The Bertz CT molecular complexity index is 2100. The molecule has 0 aromatic carbocycles. The fraction of sp³-hybridized carbons (Fsp3) is 0.909. The maximum absolute atomic E-state index is 13.5. The molecule has 0 saturated carbocycles. The molecular formula is C77H142N2O21. The van der Waals surface area contributed by atoms with Crippen LogP contribution in [0.3, 0.4) is 0 Å². The molecule has 0 aromatic heterocycles. The summed E-state index contributed by atoms with van der Waals surface area (Å²) in [6.07, 6.45) is 32.5. The molecule has 23 heteroatoms. The molecule has 100 heavy (non-hydrogen) atoms. The van der Waals surface area contributed by atoms with Crippen LogP contribution in [0.15, 0.2) is 24.3 Å². The van der Waals surface area contributed by atoms with E-state index in [1.165, 1.54) is 199 Å². The number of unbranched alkanes of at least 4 members (excludes halogenated alkanes) is 38. The Balaban J connectivity index is 1.38. The number of allylic oxidation sites excluding steroid dienone is 4. The standard InChI is InChI=1S/C77H142N2O21/c1-4-6-8-10-12-14-15-16-17-18-19-20-21-22-23-24-25-26-27-28-29-30-31-32-33-34-35-36-37-38-39-40-41-43-45-47-49-51-64(87)79-58(59(84)50-48-46-44-42-13-11-9-7-5-2)56-95-74-69(91)68(90)71(63(55-82)97-74)98-75-70(92)73(67(89)62(54-81)96-75)100-77(76(93)94)52-60(85)65(78-57(3)83)72(99-77)66(88)61(86)53-80/h23-24,26-27,58-63,65-75,80-82,84-86,88-92H,4-22,25,28-56H2,1-3H3,(H,78,83)(H,79,87)(H,93,94)/b24-23-,27-26-. The maximum atomic E-state index is 13.5. The molecule has 3 aliphatic heterocycles. The molecule has 3 aliphatic rings. The predicted octanol–water partition coefficient (Wildman–Crippen LogP) is 9.96. The minimum absolute atomic E-state index is 0.225. The number of carbonyl (C=O) groups is 3. The van der Waals surface area contributed by atoms with E-state index < -0.39 is 148 Å². The number of hydrogen-bond donors (Lipinski definition) is 14. The zero-order valence-electron chi connectivity index (χ0n) is 61.8. The van der Waals surface area contributed by atoms with Crippen molar-refractivity contribution in [3.05, 3.63) is 24.3 Å². The van der Waals surface area contributed by atoms with Gasteiger partial charge in [-0.05, 0) is 44.9 Å². The Morgan fingerprint density at radius 1 is 0.520 bits per heavy atom. The number of hydrogen-bond acceptors (Lipinski definition) is 20. The van der Waals surface area contributed by atoms with Crippen LogP contribution in [0, 0.1) is 0 Å². The van der Waals surface area contributed by atoms with Crippen molar-refractivity contribution in [2.24, 2.45) is 0 Å². The third-order valence-corrected chi connectivity index (χ3v) is 20.2. The molecule has 3 rings (SSSR count). The highest BCUT2D eigenvalue weighted by Gasteiger charge is 2.60. The minimum Gasteiger partial charge on any atom is -0.477 e. The lowest BCUT2D eigenvalue weighted by atomic mass is 9.88. The Kier molecular flexibility index (Phi) is 51.7. The van der Waals surface area contributed by atoms with E-state index in [1.807, 2.05) is 0 Å². The molecule has 3 saturated heterocycles. The maximum Gasteiger partial charge on any atom is 0.364 e. The topological polar surface area (TPSA) is 373 Å². The first-order valence-corrected chi connectivity index (χ1v) is 39.7. The molecule has 0 radical (unpaired) electrons. The van der Waals surface area contributed by atoms with Gasteiger partial charge in [0.25, 0.3) is 5.79 Å². The van der Waals surface area contributed by atoms with Gasteiger partial charge in [0.2, 0.25) is 11.8 Å². The Morgan fingerprint density at radius 2 is 0.960 bits per heavy atom. The van der Waals surface area contributed by atoms with E-state index in [0.717, 1.165) is 64.7 Å². The fourth-order valence-electron chi connectivity index (χ4n) is 13.9. The van der Waals surface area contributed by atoms with Crippen LogP contribution in [0.2, 0.25) is 0 Å². The van der Waals surface area contributed by atoms with Gasteiger partial charge in [0.1, 0.15) is 67.1 Å². The number of rotatable bonds is 62. The van der Waals surface area contributed by atoms with E-state index in [-0.39, 0.29) is 18.9 Å². The second-order valence-electron chi connectivity index (χ2n) is 28.9. The van der Waals surface area contributed by atoms with E-state index in [1.54, 1.807) is 0 Å². The lowest BCUT2D eigenvalue weighted by molar-refractivity contribution is -0.386. The van der Waals surface area contributed by atoms with Gasteiger partial charge in [-0.15, -0.1) is 0 Å². The first kappa shape index (κ1) is 91.4. The Morgan fingerprint density at radius 3 is 1.40 bits per heavy atom. The normalized spacial score (nSPS) is 27.0. The van der Waals surface area contributed by atoms with Gasteiger partial charge in [-0.3, -0.25) is 9.59 Å². The molecule has 0 spiro atoms. The van der Waals surface area contributed by atoms with Crippen molar-refractivity contribution in [1.82, 2.24) is 10.6 Å². The van der Waals surface area contributed by atoms with Crippen molar-refractivity contribution in [3.8, 4) is 0 Å². The van der Waals surface area contributed by atoms with Gasteiger partial charge in [0, 0.05) is 19.8 Å². The summed E-state index contributed by atoms with van der Waals surface area (Å²) in [6, 6.07) is -2.53. The van der Waals surface area contributed by atoms with Crippen LogP contribution in [-0.2, 0) is 42.8 Å². The number of carboxylic acids is 1. The van der Waals surface area contributed by atoms with Crippen molar-refractivity contribution in [2.45, 2.75) is 420 Å². The third-order valence-electron chi connectivity index (χ3n) is 20.2. The predicted molar refractivity (Wildman–Crippen MR) is 385 cm³/mol. The number of nitrogens with one attached hydrogen (secondary N) is 2. The molecule has 3 fully saturated rings. The molecule has 23 nitrogen and oxygen atoms in total. The number of aliphatic carboxylic acids is 1. The fourth-order valence-corrected chi connectivity index (χ4v) is 13.9. The zero-order chi connectivity index (χ0) is 73.2. The highest BCUT2D eigenvalue weighted by Crippen LogP contribution is 2.39. The summed E-state index contributed by atoms with van der Waals surface area (Å²) in [5, 5.41) is 136. The van der Waals surface area contributed by atoms with Crippen molar-refractivity contribution in [3.63, 3.8) is 0 Å². The monoisotopic (exact) mass is 1430 g/mol. The highest BCUT2D eigenvalue weighted by molar-refractivity contribution is 5.77. The summed E-state index contributed by atoms with van der Waals surface area (Å²) in [5.41, 5.74) is 0. The van der Waals surface area contributed by atoms with Crippen LogP contribution in [0.5, 0.6) is 0 Å². The SMILES string of the molecule is CCCCCCCCCCCCCCC/C=C\C/C=C\CCCCCCCCCCCCCCCCCCCC(=O)NC(COC1OC(CO)C(OC2OC(CO)C(O)C(OC3(C(=O)O)CC(O)C(NC(C)=O)C(C(O)C(O)CO)O3)C2O)C(O)C1O)C(O)CCCCCCCCCCC. The van der Waals surface area contributed by atoms with Crippen LogP contribution >= 0.6 is 0 Å². The van der Waals surface area contributed by atoms with E-state index in [4.69, 9.17) is 28.4 Å². The Labute approximate surface area is 600 Å². The number of aliphatic hydroxyl groups excluding tert-OH is 11. The number of carbonyl (C=O) groups excluding carboxylic acids is 2. The van der Waals surface area contributed by atoms with Gasteiger partial charge in [0.15, 0.2) is 12.6 Å². The van der Waals surface area contributed by atoms with Crippen LogP contribution in [0.4, 0.5) is 0 Å². The summed E-state index contributed by atoms with van der Waals surface area (Å²) in [6.45, 7) is 2.19. The molecule has 14 N–H and O–H groups in total. The number of ether oxygens (including phenoxy) is 6. The third kappa shape index (κ3) is 37.0. The zero-order valence-corrected chi connectivity index (χ0v) is 61.8. The van der Waals surface area contributed by atoms with Crippen molar-refractivity contribution < 1.29 is 104 Å². The summed E-state index contributed by atoms with van der Waals surface area (Å²) >= 11 is 0. The quantitative estimate of drug-likeness (QED) is 0.0199. The number of aliphatic hydroxyl groups is 11. The first-order valence-electron chi connectivity index (χ1n) is 39.7. The molecule has 3 heterocycles. The summed E-state index contributed by atoms with van der Waals surface area (Å²) in [5.74, 6) is -6.10. The molecule has 18 atom stereocenters. The van der Waals surface area contributed by atoms with Crippen LogP contribution in [0.25, 0.3) is 0 Å². The molecule has 2 amide bonds. The summed E-state index contributed by atoms with van der Waals surface area (Å²) < 4.78 is 34.8. The smallest absolute Gasteiger partial charge is 0.364 e. The summed E-state index contributed by atoms with van der Waals surface area (Å²) in [4.78, 5) is 38.6.